The lowest BCUT2D eigenvalue weighted by Gasteiger charge is -2.27. The van der Waals surface area contributed by atoms with Gasteiger partial charge in [0.15, 0.2) is 6.04 Å². The number of ether oxygens (including phenoxy) is 2. The van der Waals surface area contributed by atoms with E-state index in [-0.39, 0.29) is 44.6 Å². The van der Waals surface area contributed by atoms with Gasteiger partial charge in [-0.1, -0.05) is 103 Å². The summed E-state index contributed by atoms with van der Waals surface area (Å²) >= 11 is 0. The molecule has 10 nitrogen and oxygen atoms in total. The van der Waals surface area contributed by atoms with Gasteiger partial charge in [0.05, 0.1) is 12.6 Å². The van der Waals surface area contributed by atoms with Gasteiger partial charge in [0, 0.05) is 7.11 Å². The van der Waals surface area contributed by atoms with Crippen LogP contribution in [-0.4, -0.2) is 42.7 Å². The first-order valence-electron chi connectivity index (χ1n) is 14.6. The minimum absolute atomic E-state index is 0.0149. The molecule has 0 aliphatic carbocycles. The lowest BCUT2D eigenvalue weighted by Crippen LogP contribution is -2.42. The van der Waals surface area contributed by atoms with Gasteiger partial charge in [0.25, 0.3) is 0 Å². The van der Waals surface area contributed by atoms with Gasteiger partial charge in [-0.15, -0.1) is 0 Å². The van der Waals surface area contributed by atoms with Crippen molar-refractivity contribution in [2.24, 2.45) is 0 Å². The number of hydrogen-bond donors (Lipinski definition) is 0. The molecule has 46 heavy (non-hydrogen) atoms. The highest BCUT2D eigenvalue weighted by atomic mass is 31.2. The predicted molar refractivity (Wildman–Crippen MR) is 170 cm³/mol. The minimum Gasteiger partial charge on any atom is -0.461 e. The van der Waals surface area contributed by atoms with Crippen LogP contribution in [0.15, 0.2) is 115 Å². The molecule has 0 N–H and O–H groups in total. The molecule has 4 rings (SSSR count). The van der Waals surface area contributed by atoms with Crippen LogP contribution in [0.1, 0.15) is 28.7 Å². The topological polar surface area (TPSA) is 118 Å². The van der Waals surface area contributed by atoms with E-state index in [1.54, 1.807) is 36.4 Å². The molecule has 0 radical (unpaired) electrons. The van der Waals surface area contributed by atoms with E-state index in [1.807, 2.05) is 78.9 Å². The molecule has 0 bridgehead atoms. The molecular formula is C35H36NO9P. The van der Waals surface area contributed by atoms with Crippen molar-refractivity contribution >= 4 is 25.9 Å². The van der Waals surface area contributed by atoms with Crippen LogP contribution in [0.2, 0.25) is 0 Å². The quantitative estimate of drug-likeness (QED) is 0.0533. The zero-order valence-electron chi connectivity index (χ0n) is 25.4. The summed E-state index contributed by atoms with van der Waals surface area (Å²) in [5.41, 5.74) is 2.99. The highest BCUT2D eigenvalue weighted by Crippen LogP contribution is 2.48. The SMILES string of the molecule is COP(=O)(CCC(C(=O)OCc1ccccc1)N(C=O)OCc1ccccc1)Oc1cccc(CC(=O)OCc2ccccc2)c1. The number of nitrogens with zero attached hydrogens (tertiary/aromatic N) is 1. The fourth-order valence-corrected chi connectivity index (χ4v) is 5.72. The minimum atomic E-state index is -3.85. The molecular weight excluding hydrogens is 609 g/mol. The number of carbonyl (C=O) groups is 3. The number of carbonyl (C=O) groups excluding carboxylic acids is 3. The summed E-state index contributed by atoms with van der Waals surface area (Å²) in [6, 6.07) is 32.8. The molecule has 4 aromatic carbocycles. The van der Waals surface area contributed by atoms with Crippen molar-refractivity contribution in [3.05, 3.63) is 138 Å². The summed E-state index contributed by atoms with van der Waals surface area (Å²) in [4.78, 5) is 43.5. The molecule has 240 valence electrons. The van der Waals surface area contributed by atoms with E-state index < -0.39 is 25.6 Å². The van der Waals surface area contributed by atoms with Gasteiger partial charge in [-0.05, 0) is 40.8 Å². The predicted octanol–water partition coefficient (Wildman–Crippen LogP) is 6.28. The Morgan fingerprint density at radius 2 is 1.28 bits per heavy atom. The van der Waals surface area contributed by atoms with Crippen molar-refractivity contribution in [1.29, 1.82) is 0 Å². The number of benzene rings is 4. The Hall–Kier alpha value is -4.76. The number of hydrogen-bond acceptors (Lipinski definition) is 9. The van der Waals surface area contributed by atoms with E-state index in [0.29, 0.717) is 12.0 Å². The molecule has 0 saturated heterocycles. The van der Waals surface area contributed by atoms with Gasteiger partial charge in [-0.2, -0.15) is 0 Å². The Morgan fingerprint density at radius 3 is 1.85 bits per heavy atom. The van der Waals surface area contributed by atoms with Crippen LogP contribution in [-0.2, 0) is 64.0 Å². The number of amides is 1. The van der Waals surface area contributed by atoms with Crippen LogP contribution in [0.3, 0.4) is 0 Å². The third-order valence-corrected chi connectivity index (χ3v) is 8.67. The van der Waals surface area contributed by atoms with E-state index in [0.717, 1.165) is 21.8 Å². The van der Waals surface area contributed by atoms with Crippen LogP contribution in [0.5, 0.6) is 5.75 Å². The van der Waals surface area contributed by atoms with Crippen LogP contribution >= 0.6 is 7.60 Å². The Morgan fingerprint density at radius 1 is 0.739 bits per heavy atom. The second-order valence-corrected chi connectivity index (χ2v) is 12.4. The fraction of sp³-hybridized carbons (Fsp3) is 0.229. The fourth-order valence-electron chi connectivity index (χ4n) is 4.37. The lowest BCUT2D eigenvalue weighted by atomic mass is 10.1. The van der Waals surface area contributed by atoms with Gasteiger partial charge in [-0.3, -0.25) is 14.4 Å². The van der Waals surface area contributed by atoms with Crippen LogP contribution in [0, 0.1) is 0 Å². The first-order valence-corrected chi connectivity index (χ1v) is 16.3. The zero-order valence-corrected chi connectivity index (χ0v) is 26.3. The van der Waals surface area contributed by atoms with Crippen molar-refractivity contribution in [1.82, 2.24) is 5.06 Å². The molecule has 0 aliphatic heterocycles. The average Bonchev–Trinajstić information content (AvgIpc) is 3.09. The van der Waals surface area contributed by atoms with Crippen LogP contribution < -0.4 is 4.52 Å². The maximum absolute atomic E-state index is 13.7. The van der Waals surface area contributed by atoms with Crippen LogP contribution in [0.25, 0.3) is 0 Å². The Kier molecular flexibility index (Phi) is 13.1. The Labute approximate surface area is 268 Å². The number of hydroxylamine groups is 2. The molecule has 2 unspecified atom stereocenters. The molecule has 0 aromatic heterocycles. The number of esters is 2. The summed E-state index contributed by atoms with van der Waals surface area (Å²) in [5.74, 6) is -0.978. The van der Waals surface area contributed by atoms with Crippen molar-refractivity contribution in [3.8, 4) is 5.75 Å². The average molecular weight is 646 g/mol. The van der Waals surface area contributed by atoms with E-state index in [2.05, 4.69) is 0 Å². The summed E-state index contributed by atoms with van der Waals surface area (Å²) in [6.45, 7) is 0.137. The maximum atomic E-state index is 13.7. The summed E-state index contributed by atoms with van der Waals surface area (Å²) in [5, 5.41) is 0.863. The molecule has 0 fully saturated rings. The Balaban J connectivity index is 1.41. The van der Waals surface area contributed by atoms with E-state index in [9.17, 15) is 18.9 Å². The second-order valence-electron chi connectivity index (χ2n) is 10.2. The molecule has 11 heteroatoms. The first kappa shape index (κ1) is 34.1. The molecule has 1 amide bonds. The molecule has 0 saturated carbocycles. The van der Waals surface area contributed by atoms with E-state index in [4.69, 9.17) is 23.4 Å². The van der Waals surface area contributed by atoms with Gasteiger partial charge in [0.2, 0.25) is 6.41 Å². The Bertz CT molecular complexity index is 1590. The van der Waals surface area contributed by atoms with Crippen molar-refractivity contribution in [3.63, 3.8) is 0 Å². The number of rotatable bonds is 18. The van der Waals surface area contributed by atoms with Crippen LogP contribution in [0.4, 0.5) is 0 Å². The normalized spacial score (nSPS) is 12.7. The molecule has 0 aliphatic rings. The third-order valence-electron chi connectivity index (χ3n) is 6.82. The van der Waals surface area contributed by atoms with Crippen molar-refractivity contribution in [2.75, 3.05) is 13.3 Å². The first-order chi connectivity index (χ1) is 22.4. The molecule has 4 aromatic rings. The summed E-state index contributed by atoms with van der Waals surface area (Å²) in [6.07, 6.45) is -0.0469. The van der Waals surface area contributed by atoms with Gasteiger partial charge in [-0.25, -0.2) is 14.4 Å². The maximum Gasteiger partial charge on any atom is 0.379 e. The summed E-state index contributed by atoms with van der Waals surface area (Å²) in [7, 11) is -2.61. The van der Waals surface area contributed by atoms with Gasteiger partial charge < -0.3 is 18.5 Å². The van der Waals surface area contributed by atoms with Gasteiger partial charge in [0.1, 0.15) is 25.6 Å². The van der Waals surface area contributed by atoms with E-state index >= 15 is 0 Å². The van der Waals surface area contributed by atoms with E-state index in [1.165, 1.54) is 7.11 Å². The van der Waals surface area contributed by atoms with Crippen molar-refractivity contribution in [2.45, 2.75) is 38.7 Å². The second kappa shape index (κ2) is 17.7. The highest BCUT2D eigenvalue weighted by molar-refractivity contribution is 7.54. The molecule has 2 atom stereocenters. The molecule has 0 spiro atoms. The standard InChI is InChI=1S/C35H36NO9P/c1-41-46(40,45-32-19-11-18-31(22-32)23-34(38)42-24-28-12-5-2-6-13-28)21-20-33(35(39)43-25-29-14-7-3-8-15-29)36(27-37)44-26-30-16-9-4-10-17-30/h2-19,22,27,33H,20-21,23-26H2,1H3. The van der Waals surface area contributed by atoms with Gasteiger partial charge >= 0.3 is 19.5 Å². The highest BCUT2D eigenvalue weighted by Gasteiger charge is 2.34. The smallest absolute Gasteiger partial charge is 0.379 e. The largest absolute Gasteiger partial charge is 0.461 e. The zero-order chi connectivity index (χ0) is 32.6. The monoisotopic (exact) mass is 645 g/mol. The summed E-state index contributed by atoms with van der Waals surface area (Å²) < 4.78 is 35.7. The lowest BCUT2D eigenvalue weighted by molar-refractivity contribution is -0.203. The molecule has 0 heterocycles. The van der Waals surface area contributed by atoms with Crippen molar-refractivity contribution < 1.29 is 42.3 Å². The third kappa shape index (κ3) is 11.0.